The zero-order valence-corrected chi connectivity index (χ0v) is 10.4. The van der Waals surface area contributed by atoms with Gasteiger partial charge in [0.05, 0.1) is 5.56 Å². The number of phenolic OH excluding ortho intramolecular Hbond substituents is 1. The average Bonchev–Trinajstić information content (AvgIpc) is 2.42. The van der Waals surface area contributed by atoms with Crippen molar-refractivity contribution in [1.29, 1.82) is 0 Å². The first-order valence-corrected chi connectivity index (χ1v) is 5.80. The smallest absolute Gasteiger partial charge is 0.336 e. The largest absolute Gasteiger partial charge is 0.508 e. The maximum Gasteiger partial charge on any atom is 0.336 e. The predicted molar refractivity (Wildman–Crippen MR) is 71.9 cm³/mol. The predicted octanol–water partition coefficient (Wildman–Crippen LogP) is 3.78. The van der Waals surface area contributed by atoms with Crippen molar-refractivity contribution in [3.63, 3.8) is 0 Å². The Labute approximate surface area is 106 Å². The molecular weight excluding hydrogens is 228 g/mol. The molecule has 2 aromatic carbocycles. The Balaban J connectivity index is 0.000000771. The highest BCUT2D eigenvalue weighted by Gasteiger charge is 2.11. The fraction of sp³-hybridized carbons (Fsp3) is 0.133. The quantitative estimate of drug-likeness (QED) is 0.845. The summed E-state index contributed by atoms with van der Waals surface area (Å²) in [6, 6.07) is 13.6. The van der Waals surface area contributed by atoms with Crippen molar-refractivity contribution >= 4 is 5.97 Å². The Morgan fingerprint density at radius 2 is 1.61 bits per heavy atom. The lowest BCUT2D eigenvalue weighted by molar-refractivity contribution is 0.0697. The van der Waals surface area contributed by atoms with Gasteiger partial charge in [0.15, 0.2) is 0 Å². The second kappa shape index (κ2) is 6.45. The molecule has 0 fully saturated rings. The summed E-state index contributed by atoms with van der Waals surface area (Å²) in [5, 5.41) is 18.3. The lowest BCUT2D eigenvalue weighted by Gasteiger charge is -2.06. The topological polar surface area (TPSA) is 57.5 Å². The van der Waals surface area contributed by atoms with E-state index in [4.69, 9.17) is 5.11 Å². The van der Waals surface area contributed by atoms with Gasteiger partial charge in [-0.2, -0.15) is 0 Å². The number of hydrogen-bond donors (Lipinski definition) is 2. The van der Waals surface area contributed by atoms with E-state index in [1.54, 1.807) is 6.07 Å². The van der Waals surface area contributed by atoms with Gasteiger partial charge in [-0.1, -0.05) is 44.2 Å². The Bertz CT molecular complexity index is 519. The monoisotopic (exact) mass is 244 g/mol. The Morgan fingerprint density at radius 3 is 2.17 bits per heavy atom. The van der Waals surface area contributed by atoms with Gasteiger partial charge in [0.2, 0.25) is 0 Å². The number of hydrogen-bond acceptors (Lipinski definition) is 2. The van der Waals surface area contributed by atoms with Crippen LogP contribution in [0.1, 0.15) is 24.2 Å². The van der Waals surface area contributed by atoms with E-state index in [1.165, 1.54) is 12.1 Å². The number of carboxylic acid groups (broad SMARTS) is 1. The molecule has 0 atom stereocenters. The maximum atomic E-state index is 11.0. The summed E-state index contributed by atoms with van der Waals surface area (Å²) in [6.45, 7) is 4.00. The van der Waals surface area contributed by atoms with Crippen LogP contribution in [0.5, 0.6) is 5.75 Å². The van der Waals surface area contributed by atoms with Crippen LogP contribution < -0.4 is 0 Å². The van der Waals surface area contributed by atoms with Gasteiger partial charge in [-0.05, 0) is 29.3 Å². The molecule has 18 heavy (non-hydrogen) atoms. The van der Waals surface area contributed by atoms with Crippen LogP contribution in [0.15, 0.2) is 48.5 Å². The molecule has 94 valence electrons. The van der Waals surface area contributed by atoms with Gasteiger partial charge in [0.25, 0.3) is 0 Å². The van der Waals surface area contributed by atoms with E-state index < -0.39 is 5.97 Å². The molecule has 2 aromatic rings. The van der Waals surface area contributed by atoms with Crippen molar-refractivity contribution in [3.8, 4) is 16.9 Å². The van der Waals surface area contributed by atoms with Crippen molar-refractivity contribution < 1.29 is 15.0 Å². The normalized spacial score (nSPS) is 9.22. The van der Waals surface area contributed by atoms with Crippen molar-refractivity contribution in [2.75, 3.05) is 0 Å². The molecule has 0 spiro atoms. The highest BCUT2D eigenvalue weighted by Crippen LogP contribution is 2.26. The third-order valence-electron chi connectivity index (χ3n) is 2.32. The van der Waals surface area contributed by atoms with Crippen LogP contribution >= 0.6 is 0 Å². The third-order valence-corrected chi connectivity index (χ3v) is 2.32. The first-order valence-electron chi connectivity index (χ1n) is 5.80. The Hall–Kier alpha value is -2.29. The molecule has 0 aromatic heterocycles. The molecule has 2 rings (SSSR count). The SMILES string of the molecule is CC.O=C(O)c1cc(O)ccc1-c1ccccc1. The molecule has 3 heteroatoms. The standard InChI is InChI=1S/C13H10O3.C2H6/c14-10-6-7-11(12(8-10)13(15)16)9-4-2-1-3-5-9;1-2/h1-8,14H,(H,15,16);1-2H3. The number of aromatic carboxylic acids is 1. The van der Waals surface area contributed by atoms with Gasteiger partial charge >= 0.3 is 5.97 Å². The number of phenols is 1. The van der Waals surface area contributed by atoms with E-state index in [1.807, 2.05) is 44.2 Å². The molecule has 0 heterocycles. The molecule has 3 nitrogen and oxygen atoms in total. The van der Waals surface area contributed by atoms with E-state index in [2.05, 4.69) is 0 Å². The number of benzene rings is 2. The van der Waals surface area contributed by atoms with Crippen LogP contribution in [-0.4, -0.2) is 16.2 Å². The lowest BCUT2D eigenvalue weighted by Crippen LogP contribution is -1.99. The summed E-state index contributed by atoms with van der Waals surface area (Å²) in [5.41, 5.74) is 1.53. The van der Waals surface area contributed by atoms with E-state index in [9.17, 15) is 9.90 Å². The van der Waals surface area contributed by atoms with Crippen LogP contribution in [0.2, 0.25) is 0 Å². The second-order valence-electron chi connectivity index (χ2n) is 3.40. The molecule has 0 bridgehead atoms. The van der Waals surface area contributed by atoms with E-state index in [0.29, 0.717) is 5.56 Å². The van der Waals surface area contributed by atoms with Crippen LogP contribution in [0.3, 0.4) is 0 Å². The summed E-state index contributed by atoms with van der Waals surface area (Å²) in [6.07, 6.45) is 0. The van der Waals surface area contributed by atoms with Crippen molar-refractivity contribution in [2.45, 2.75) is 13.8 Å². The fourth-order valence-corrected chi connectivity index (χ4v) is 1.58. The van der Waals surface area contributed by atoms with Gasteiger partial charge < -0.3 is 10.2 Å². The van der Waals surface area contributed by atoms with Gasteiger partial charge in [-0.3, -0.25) is 0 Å². The second-order valence-corrected chi connectivity index (χ2v) is 3.40. The number of aromatic hydroxyl groups is 1. The van der Waals surface area contributed by atoms with Crippen LogP contribution in [0.25, 0.3) is 11.1 Å². The summed E-state index contributed by atoms with van der Waals surface area (Å²) in [5.74, 6) is -1.09. The van der Waals surface area contributed by atoms with E-state index >= 15 is 0 Å². The first kappa shape index (κ1) is 13.8. The fourth-order valence-electron chi connectivity index (χ4n) is 1.58. The maximum absolute atomic E-state index is 11.0. The Kier molecular flexibility index (Phi) is 4.93. The third kappa shape index (κ3) is 3.10. The first-order chi connectivity index (χ1) is 8.68. The summed E-state index contributed by atoms with van der Waals surface area (Å²) < 4.78 is 0. The molecule has 0 aliphatic carbocycles. The molecule has 0 saturated heterocycles. The minimum absolute atomic E-state index is 0.0444. The van der Waals surface area contributed by atoms with Gasteiger partial charge in [-0.15, -0.1) is 0 Å². The minimum atomic E-state index is -1.05. The van der Waals surface area contributed by atoms with Crippen molar-refractivity contribution in [3.05, 3.63) is 54.1 Å². The van der Waals surface area contributed by atoms with Crippen molar-refractivity contribution in [2.24, 2.45) is 0 Å². The molecule has 0 radical (unpaired) electrons. The summed E-state index contributed by atoms with van der Waals surface area (Å²) >= 11 is 0. The van der Waals surface area contributed by atoms with Crippen LogP contribution in [0.4, 0.5) is 0 Å². The molecule has 0 unspecified atom stereocenters. The van der Waals surface area contributed by atoms with Crippen LogP contribution in [0, 0.1) is 0 Å². The molecular formula is C15H16O3. The minimum Gasteiger partial charge on any atom is -0.508 e. The summed E-state index contributed by atoms with van der Waals surface area (Å²) in [4.78, 5) is 11.0. The number of carboxylic acids is 1. The highest BCUT2D eigenvalue weighted by atomic mass is 16.4. The zero-order valence-electron chi connectivity index (χ0n) is 10.4. The number of rotatable bonds is 2. The average molecular weight is 244 g/mol. The van der Waals surface area contributed by atoms with E-state index in [0.717, 1.165) is 5.56 Å². The molecule has 0 aliphatic heterocycles. The van der Waals surface area contributed by atoms with Gasteiger partial charge in [-0.25, -0.2) is 4.79 Å². The van der Waals surface area contributed by atoms with Gasteiger partial charge in [0.1, 0.15) is 5.75 Å². The lowest BCUT2D eigenvalue weighted by atomic mass is 9.99. The highest BCUT2D eigenvalue weighted by molar-refractivity contribution is 5.96. The molecule has 0 amide bonds. The van der Waals surface area contributed by atoms with Crippen LogP contribution in [-0.2, 0) is 0 Å². The summed E-state index contributed by atoms with van der Waals surface area (Å²) in [7, 11) is 0. The molecule has 0 saturated carbocycles. The molecule has 0 aliphatic rings. The Morgan fingerprint density at radius 1 is 1.00 bits per heavy atom. The molecule has 2 N–H and O–H groups in total. The van der Waals surface area contributed by atoms with Gasteiger partial charge in [0, 0.05) is 0 Å². The zero-order chi connectivity index (χ0) is 13.5. The van der Waals surface area contributed by atoms with Crippen molar-refractivity contribution in [1.82, 2.24) is 0 Å². The van der Waals surface area contributed by atoms with E-state index in [-0.39, 0.29) is 11.3 Å². The number of carbonyl (C=O) groups is 1.